The third-order valence-corrected chi connectivity index (χ3v) is 5.85. The molecular weight excluding hydrogens is 424 g/mol. The Morgan fingerprint density at radius 3 is 2.14 bits per heavy atom. The lowest BCUT2D eigenvalue weighted by Gasteiger charge is -2.43. The summed E-state index contributed by atoms with van der Waals surface area (Å²) < 4.78 is 79.1. The second-order valence-electron chi connectivity index (χ2n) is 7.28. The van der Waals surface area contributed by atoms with Gasteiger partial charge in [0.2, 0.25) is 0 Å². The Balaban J connectivity index is 1.80. The normalized spacial score (nSPS) is 23.0. The molecule has 29 heavy (non-hydrogen) atoms. The van der Waals surface area contributed by atoms with Crippen LogP contribution in [0.5, 0.6) is 0 Å². The zero-order valence-electron chi connectivity index (χ0n) is 15.0. The topological polar surface area (TPSA) is 49.6 Å². The summed E-state index contributed by atoms with van der Waals surface area (Å²) in [6.45, 7) is -0.854. The molecule has 0 bridgehead atoms. The molecule has 0 aromatic heterocycles. The molecule has 2 heterocycles. The second-order valence-corrected chi connectivity index (χ2v) is 7.65. The molecule has 1 saturated heterocycles. The first-order valence-corrected chi connectivity index (χ1v) is 9.20. The number of halogens is 6. The van der Waals surface area contributed by atoms with Gasteiger partial charge in [-0.25, -0.2) is 0 Å². The molecule has 0 N–H and O–H groups in total. The number of nitro benzene ring substituents is 1. The van der Waals surface area contributed by atoms with Gasteiger partial charge in [0.05, 0.1) is 16.8 Å². The number of nitrogens with zero attached hydrogens (tertiary/aromatic N) is 3. The Morgan fingerprint density at radius 2 is 1.62 bits per heavy atom. The maximum absolute atomic E-state index is 13.2. The van der Waals surface area contributed by atoms with Gasteiger partial charge in [0.1, 0.15) is 0 Å². The molecule has 2 aliphatic heterocycles. The predicted octanol–water partition coefficient (Wildman–Crippen LogP) is 4.30. The van der Waals surface area contributed by atoms with Gasteiger partial charge < -0.3 is 9.80 Å². The largest absolute Gasteiger partial charge is 0.393 e. The number of nitro groups is 1. The van der Waals surface area contributed by atoms with E-state index in [9.17, 15) is 36.5 Å². The van der Waals surface area contributed by atoms with Crippen molar-refractivity contribution in [3.05, 3.63) is 39.4 Å². The van der Waals surface area contributed by atoms with Crippen molar-refractivity contribution >= 4 is 23.0 Å². The van der Waals surface area contributed by atoms with Gasteiger partial charge >= 0.3 is 12.4 Å². The van der Waals surface area contributed by atoms with Gasteiger partial charge in [0.25, 0.3) is 5.69 Å². The van der Waals surface area contributed by atoms with Crippen LogP contribution in [-0.4, -0.2) is 51.8 Å². The molecule has 160 valence electrons. The molecule has 1 aromatic carbocycles. The molecule has 0 saturated carbocycles. The summed E-state index contributed by atoms with van der Waals surface area (Å²) in [5, 5.41) is 10.9. The summed E-state index contributed by atoms with van der Waals surface area (Å²) in [6, 6.07) is 4.32. The quantitative estimate of drug-likeness (QED) is 0.282. The van der Waals surface area contributed by atoms with Crippen molar-refractivity contribution in [1.82, 2.24) is 9.80 Å². The van der Waals surface area contributed by atoms with E-state index in [-0.39, 0.29) is 17.3 Å². The van der Waals surface area contributed by atoms with Crippen LogP contribution in [0.2, 0.25) is 0 Å². The van der Waals surface area contributed by atoms with Crippen molar-refractivity contribution in [2.45, 2.75) is 31.7 Å². The third kappa shape index (κ3) is 4.73. The molecule has 12 heteroatoms. The van der Waals surface area contributed by atoms with Crippen LogP contribution >= 0.6 is 12.2 Å². The van der Waals surface area contributed by atoms with Crippen LogP contribution in [0.25, 0.3) is 0 Å². The van der Waals surface area contributed by atoms with E-state index in [1.165, 1.54) is 17.0 Å². The number of fused-ring (bicyclic) bond motifs is 1. The predicted molar refractivity (Wildman–Crippen MR) is 95.1 cm³/mol. The first kappa shape index (κ1) is 21.6. The second kappa shape index (κ2) is 7.62. The van der Waals surface area contributed by atoms with Gasteiger partial charge in [-0.2, -0.15) is 26.3 Å². The molecule has 2 aliphatic rings. The van der Waals surface area contributed by atoms with Gasteiger partial charge in [0.15, 0.2) is 5.11 Å². The van der Waals surface area contributed by atoms with Crippen LogP contribution in [0.4, 0.5) is 32.0 Å². The van der Waals surface area contributed by atoms with Crippen molar-refractivity contribution in [2.24, 2.45) is 11.8 Å². The van der Waals surface area contributed by atoms with Crippen molar-refractivity contribution in [3.63, 3.8) is 0 Å². The minimum Gasteiger partial charge on any atom is -0.348 e. The minimum absolute atomic E-state index is 0.0923. The van der Waals surface area contributed by atoms with Crippen LogP contribution in [0.15, 0.2) is 18.2 Å². The standard InChI is InChI=1S/C17H17F6N3O2S/c18-16(19,20)12-6-13(17(21,22)23)9-25(8-12)15(29)24-4-3-10-1-2-14(26(27)28)5-11(10)7-24/h1-2,5,12-13H,3-4,6-9H2. The van der Waals surface area contributed by atoms with Gasteiger partial charge in [-0.05, 0) is 36.2 Å². The first-order chi connectivity index (χ1) is 13.4. The summed E-state index contributed by atoms with van der Waals surface area (Å²) in [5.74, 6) is -4.25. The van der Waals surface area contributed by atoms with Crippen molar-refractivity contribution in [2.75, 3.05) is 19.6 Å². The van der Waals surface area contributed by atoms with E-state index in [2.05, 4.69) is 0 Å². The van der Waals surface area contributed by atoms with Gasteiger partial charge in [-0.1, -0.05) is 6.07 Å². The van der Waals surface area contributed by atoms with Crippen molar-refractivity contribution in [3.8, 4) is 0 Å². The van der Waals surface area contributed by atoms with E-state index in [1.807, 2.05) is 0 Å². The third-order valence-electron chi connectivity index (χ3n) is 5.33. The van der Waals surface area contributed by atoms with E-state index in [4.69, 9.17) is 12.2 Å². The van der Waals surface area contributed by atoms with E-state index in [0.717, 1.165) is 10.5 Å². The molecule has 0 aliphatic carbocycles. The number of piperidine rings is 1. The van der Waals surface area contributed by atoms with Crippen LogP contribution in [0.3, 0.4) is 0 Å². The average molecular weight is 441 g/mol. The van der Waals surface area contributed by atoms with Crippen molar-refractivity contribution < 1.29 is 31.3 Å². The molecule has 0 radical (unpaired) electrons. The van der Waals surface area contributed by atoms with E-state index >= 15 is 0 Å². The lowest BCUT2D eigenvalue weighted by Crippen LogP contribution is -2.55. The molecule has 1 fully saturated rings. The summed E-state index contributed by atoms with van der Waals surface area (Å²) in [7, 11) is 0. The molecular formula is C17H17F6N3O2S. The molecule has 2 atom stereocenters. The molecule has 0 spiro atoms. The summed E-state index contributed by atoms with van der Waals surface area (Å²) in [6.07, 6.45) is -10.1. The molecule has 2 unspecified atom stereocenters. The molecule has 1 aromatic rings. The highest BCUT2D eigenvalue weighted by molar-refractivity contribution is 7.80. The van der Waals surface area contributed by atoms with E-state index in [0.29, 0.717) is 18.5 Å². The Kier molecular flexibility index (Phi) is 5.67. The summed E-state index contributed by atoms with van der Waals surface area (Å²) in [4.78, 5) is 12.9. The number of rotatable bonds is 1. The number of benzene rings is 1. The highest BCUT2D eigenvalue weighted by Gasteiger charge is 2.52. The highest BCUT2D eigenvalue weighted by atomic mass is 32.1. The Hall–Kier alpha value is -2.11. The van der Waals surface area contributed by atoms with E-state index < -0.39 is 48.6 Å². The van der Waals surface area contributed by atoms with E-state index in [1.54, 1.807) is 6.07 Å². The molecule has 3 rings (SSSR count). The van der Waals surface area contributed by atoms with Gasteiger partial charge in [0, 0.05) is 38.3 Å². The average Bonchev–Trinajstić information content (AvgIpc) is 2.64. The van der Waals surface area contributed by atoms with Crippen LogP contribution < -0.4 is 0 Å². The van der Waals surface area contributed by atoms with Crippen molar-refractivity contribution in [1.29, 1.82) is 0 Å². The maximum Gasteiger partial charge on any atom is 0.393 e. The maximum atomic E-state index is 13.2. The smallest absolute Gasteiger partial charge is 0.348 e. The van der Waals surface area contributed by atoms with Crippen LogP contribution in [0.1, 0.15) is 17.5 Å². The van der Waals surface area contributed by atoms with Crippen LogP contribution in [-0.2, 0) is 13.0 Å². The number of hydrogen-bond donors (Lipinski definition) is 0. The first-order valence-electron chi connectivity index (χ1n) is 8.79. The number of likely N-dealkylation sites (tertiary alicyclic amines) is 1. The molecule has 5 nitrogen and oxygen atoms in total. The number of non-ortho nitro benzene ring substituents is 1. The van der Waals surface area contributed by atoms with Crippen LogP contribution in [0, 0.1) is 22.0 Å². The number of alkyl halides is 6. The fourth-order valence-electron chi connectivity index (χ4n) is 3.75. The summed E-state index contributed by atoms with van der Waals surface area (Å²) in [5.41, 5.74) is 1.29. The Bertz CT molecular complexity index is 791. The lowest BCUT2D eigenvalue weighted by molar-refractivity contribution is -0.385. The summed E-state index contributed by atoms with van der Waals surface area (Å²) >= 11 is 5.24. The minimum atomic E-state index is -4.76. The molecule has 0 amide bonds. The fourth-order valence-corrected chi connectivity index (χ4v) is 4.05. The SMILES string of the molecule is O=[N+]([O-])c1ccc2c(c1)CN(C(=S)N1CC(C(F)(F)F)CC(C(F)(F)F)C1)CC2. The van der Waals surface area contributed by atoms with Gasteiger partial charge in [-0.15, -0.1) is 0 Å². The zero-order valence-corrected chi connectivity index (χ0v) is 15.8. The number of hydrogen-bond acceptors (Lipinski definition) is 3. The monoisotopic (exact) mass is 441 g/mol. The number of thiocarbonyl (C=S) groups is 1. The lowest BCUT2D eigenvalue weighted by atomic mass is 9.88. The fraction of sp³-hybridized carbons (Fsp3) is 0.588. The Morgan fingerprint density at radius 1 is 1.03 bits per heavy atom. The Labute approximate surface area is 167 Å². The zero-order chi connectivity index (χ0) is 21.6. The van der Waals surface area contributed by atoms with Gasteiger partial charge in [-0.3, -0.25) is 10.1 Å². The highest BCUT2D eigenvalue weighted by Crippen LogP contribution is 2.41.